The maximum atomic E-state index is 6.03. The van der Waals surface area contributed by atoms with Crippen LogP contribution in [0.1, 0.15) is 43.9 Å². The molecule has 0 amide bonds. The highest BCUT2D eigenvalue weighted by Crippen LogP contribution is 2.41. The summed E-state index contributed by atoms with van der Waals surface area (Å²) in [4.78, 5) is 1.52. The number of hydrogen-bond donors (Lipinski definition) is 1. The Hall–Kier alpha value is -0.340. The van der Waals surface area contributed by atoms with Gasteiger partial charge in [0.2, 0.25) is 0 Å². The van der Waals surface area contributed by atoms with E-state index in [1.807, 2.05) is 11.3 Å². The Morgan fingerprint density at radius 1 is 1.44 bits per heavy atom. The number of thiophene rings is 1. The molecule has 1 fully saturated rings. The summed E-state index contributed by atoms with van der Waals surface area (Å²) in [6.45, 7) is 3.25. The molecule has 2 N–H and O–H groups in total. The van der Waals surface area contributed by atoms with Crippen molar-refractivity contribution >= 4 is 11.3 Å². The summed E-state index contributed by atoms with van der Waals surface area (Å²) in [6.07, 6.45) is 7.95. The zero-order valence-electron chi connectivity index (χ0n) is 10.2. The zero-order chi connectivity index (χ0) is 11.4. The van der Waals surface area contributed by atoms with Gasteiger partial charge in [0.25, 0.3) is 0 Å². The average molecular weight is 237 g/mol. The van der Waals surface area contributed by atoms with Crippen molar-refractivity contribution in [3.05, 3.63) is 22.4 Å². The maximum absolute atomic E-state index is 6.03. The Bertz CT molecular complexity index is 297. The normalized spacial score (nSPS) is 30.5. The first-order valence-electron chi connectivity index (χ1n) is 6.47. The van der Waals surface area contributed by atoms with E-state index in [9.17, 15) is 0 Å². The molecule has 0 atom stereocenters. The van der Waals surface area contributed by atoms with Crippen LogP contribution in [0.4, 0.5) is 0 Å². The lowest BCUT2D eigenvalue weighted by Crippen LogP contribution is -2.34. The lowest BCUT2D eigenvalue weighted by atomic mass is 9.68. The Morgan fingerprint density at radius 3 is 2.75 bits per heavy atom. The molecule has 1 aliphatic rings. The number of rotatable bonds is 4. The van der Waals surface area contributed by atoms with Crippen LogP contribution in [0, 0.1) is 11.3 Å². The second kappa shape index (κ2) is 5.33. The average Bonchev–Trinajstić information content (AvgIpc) is 2.82. The quantitative estimate of drug-likeness (QED) is 0.846. The van der Waals surface area contributed by atoms with E-state index in [2.05, 4.69) is 24.4 Å². The molecule has 1 aromatic heterocycles. The third-order valence-electron chi connectivity index (χ3n) is 4.25. The van der Waals surface area contributed by atoms with Crippen molar-refractivity contribution in [1.82, 2.24) is 0 Å². The Kier molecular flexibility index (Phi) is 4.04. The van der Waals surface area contributed by atoms with Gasteiger partial charge in [-0.1, -0.05) is 25.8 Å². The molecule has 1 heterocycles. The molecule has 90 valence electrons. The lowest BCUT2D eigenvalue weighted by molar-refractivity contribution is 0.151. The summed E-state index contributed by atoms with van der Waals surface area (Å²) >= 11 is 1.88. The topological polar surface area (TPSA) is 26.0 Å². The van der Waals surface area contributed by atoms with Gasteiger partial charge in [-0.2, -0.15) is 0 Å². The summed E-state index contributed by atoms with van der Waals surface area (Å²) < 4.78 is 0. The van der Waals surface area contributed by atoms with Crippen molar-refractivity contribution < 1.29 is 0 Å². The van der Waals surface area contributed by atoms with E-state index < -0.39 is 0 Å². The third kappa shape index (κ3) is 2.86. The van der Waals surface area contributed by atoms with Gasteiger partial charge >= 0.3 is 0 Å². The van der Waals surface area contributed by atoms with Gasteiger partial charge in [-0.25, -0.2) is 0 Å². The van der Waals surface area contributed by atoms with Crippen LogP contribution in [0.3, 0.4) is 0 Å². The largest absolute Gasteiger partial charge is 0.330 e. The van der Waals surface area contributed by atoms with E-state index in [-0.39, 0.29) is 0 Å². The van der Waals surface area contributed by atoms with E-state index in [1.165, 1.54) is 43.4 Å². The molecule has 0 aromatic carbocycles. The minimum atomic E-state index is 0.455. The molecule has 1 aromatic rings. The molecule has 0 aliphatic heterocycles. The first-order valence-corrected chi connectivity index (χ1v) is 7.34. The van der Waals surface area contributed by atoms with Crippen LogP contribution >= 0.6 is 11.3 Å². The van der Waals surface area contributed by atoms with Gasteiger partial charge in [-0.15, -0.1) is 11.3 Å². The Labute approximate surface area is 103 Å². The molecule has 0 unspecified atom stereocenters. The predicted octanol–water partition coefficient (Wildman–Crippen LogP) is 3.84. The molecular weight excluding hydrogens is 214 g/mol. The number of aryl methyl sites for hydroxylation is 1. The second-order valence-corrected chi connectivity index (χ2v) is 6.50. The summed E-state index contributed by atoms with van der Waals surface area (Å²) in [5.74, 6) is 0.918. The van der Waals surface area contributed by atoms with E-state index in [4.69, 9.17) is 5.73 Å². The van der Waals surface area contributed by atoms with Crippen molar-refractivity contribution in [1.29, 1.82) is 0 Å². The zero-order valence-corrected chi connectivity index (χ0v) is 11.1. The van der Waals surface area contributed by atoms with Gasteiger partial charge in [0.05, 0.1) is 0 Å². The van der Waals surface area contributed by atoms with Crippen molar-refractivity contribution in [2.24, 2.45) is 17.1 Å². The summed E-state index contributed by atoms with van der Waals surface area (Å²) in [5, 5.41) is 2.17. The minimum Gasteiger partial charge on any atom is -0.330 e. The van der Waals surface area contributed by atoms with Crippen LogP contribution < -0.4 is 5.73 Å². The first kappa shape index (κ1) is 12.1. The second-order valence-electron chi connectivity index (χ2n) is 5.47. The molecule has 2 rings (SSSR count). The van der Waals surface area contributed by atoms with Crippen molar-refractivity contribution in [2.45, 2.75) is 45.4 Å². The first-order chi connectivity index (χ1) is 7.74. The minimum absolute atomic E-state index is 0.455. The lowest BCUT2D eigenvalue weighted by Gasteiger charge is -2.38. The smallest absolute Gasteiger partial charge is 0.00454 e. The molecule has 0 bridgehead atoms. The summed E-state index contributed by atoms with van der Waals surface area (Å²) in [7, 11) is 0. The van der Waals surface area contributed by atoms with Gasteiger partial charge in [-0.05, 0) is 55.0 Å². The summed E-state index contributed by atoms with van der Waals surface area (Å²) in [6, 6.07) is 4.40. The van der Waals surface area contributed by atoms with Crippen LogP contribution in [0.15, 0.2) is 17.5 Å². The van der Waals surface area contributed by atoms with Crippen LogP contribution in [0.2, 0.25) is 0 Å². The molecule has 1 aliphatic carbocycles. The monoisotopic (exact) mass is 237 g/mol. The van der Waals surface area contributed by atoms with Gasteiger partial charge in [0.1, 0.15) is 0 Å². The van der Waals surface area contributed by atoms with E-state index >= 15 is 0 Å². The number of hydrogen-bond acceptors (Lipinski definition) is 2. The van der Waals surface area contributed by atoms with Gasteiger partial charge in [0.15, 0.2) is 0 Å². The van der Waals surface area contributed by atoms with Crippen LogP contribution in [-0.4, -0.2) is 6.54 Å². The van der Waals surface area contributed by atoms with Gasteiger partial charge < -0.3 is 5.73 Å². The highest BCUT2D eigenvalue weighted by Gasteiger charge is 2.32. The van der Waals surface area contributed by atoms with E-state index in [1.54, 1.807) is 0 Å². The Morgan fingerprint density at radius 2 is 2.19 bits per heavy atom. The van der Waals surface area contributed by atoms with E-state index in [0.29, 0.717) is 5.41 Å². The fraction of sp³-hybridized carbons (Fsp3) is 0.714. The van der Waals surface area contributed by atoms with E-state index in [0.717, 1.165) is 12.5 Å². The molecule has 1 nitrogen and oxygen atoms in total. The summed E-state index contributed by atoms with van der Waals surface area (Å²) in [5.41, 5.74) is 6.48. The number of nitrogens with two attached hydrogens (primary N) is 1. The Balaban J connectivity index is 1.89. The molecular formula is C14H23NS. The maximum Gasteiger partial charge on any atom is 0.00454 e. The molecule has 16 heavy (non-hydrogen) atoms. The fourth-order valence-electron chi connectivity index (χ4n) is 2.77. The van der Waals surface area contributed by atoms with Crippen molar-refractivity contribution in [3.63, 3.8) is 0 Å². The van der Waals surface area contributed by atoms with Crippen LogP contribution in [-0.2, 0) is 6.42 Å². The molecule has 0 radical (unpaired) electrons. The van der Waals surface area contributed by atoms with Crippen LogP contribution in [0.5, 0.6) is 0 Å². The fourth-order valence-corrected chi connectivity index (χ4v) is 3.48. The third-order valence-corrected chi connectivity index (χ3v) is 5.19. The molecule has 1 saturated carbocycles. The molecule has 2 heteroatoms. The predicted molar refractivity (Wildman–Crippen MR) is 71.8 cm³/mol. The molecule has 0 spiro atoms. The standard InChI is InChI=1S/C14H23NS/c1-12-4-7-14(11-15,8-5-12)9-6-13-3-2-10-16-13/h2-3,10,12H,4-9,11,15H2,1H3. The highest BCUT2D eigenvalue weighted by molar-refractivity contribution is 7.09. The van der Waals surface area contributed by atoms with Crippen LogP contribution in [0.25, 0.3) is 0 Å². The van der Waals surface area contributed by atoms with Crippen molar-refractivity contribution in [2.75, 3.05) is 6.54 Å². The van der Waals surface area contributed by atoms with Crippen molar-refractivity contribution in [3.8, 4) is 0 Å². The van der Waals surface area contributed by atoms with Gasteiger partial charge in [-0.3, -0.25) is 0 Å². The SMILES string of the molecule is CC1CCC(CN)(CCc2cccs2)CC1. The highest BCUT2D eigenvalue weighted by atomic mass is 32.1. The molecule has 0 saturated heterocycles. The van der Waals surface area contributed by atoms with Gasteiger partial charge in [0, 0.05) is 4.88 Å².